The molecule has 1 fully saturated rings. The lowest BCUT2D eigenvalue weighted by Gasteiger charge is -2.41. The lowest BCUT2D eigenvalue weighted by molar-refractivity contribution is -0.261. The van der Waals surface area contributed by atoms with Crippen molar-refractivity contribution in [1.29, 1.82) is 0 Å². The molecule has 2 aromatic carbocycles. The predicted octanol–water partition coefficient (Wildman–Crippen LogP) is 5.20. The third kappa shape index (κ3) is 22.4. The van der Waals surface area contributed by atoms with Gasteiger partial charge in [0, 0.05) is 51.2 Å². The number of methoxy groups -OCH3 is 3. The minimum absolute atomic E-state index is 0.0167. The van der Waals surface area contributed by atoms with Gasteiger partial charge >= 0.3 is 12.1 Å². The van der Waals surface area contributed by atoms with Crippen LogP contribution < -0.4 is 36.1 Å². The molecule has 1 aliphatic heterocycles. The maximum Gasteiger partial charge on any atom is 0.408 e. The Hall–Kier alpha value is -5.25. The number of halogens is 1. The highest BCUT2D eigenvalue weighted by atomic mass is 35.5. The van der Waals surface area contributed by atoms with Crippen molar-refractivity contribution in [3.05, 3.63) is 52.5 Å². The Morgan fingerprint density at radius 1 is 0.761 bits per heavy atom. The van der Waals surface area contributed by atoms with Crippen molar-refractivity contribution in [3.63, 3.8) is 0 Å². The van der Waals surface area contributed by atoms with Crippen LogP contribution in [0.4, 0.5) is 10.5 Å². The molecule has 0 aliphatic carbocycles. The van der Waals surface area contributed by atoms with Crippen LogP contribution in [0, 0.1) is 0 Å². The monoisotopic (exact) mass is 1020 g/mol. The fourth-order valence-corrected chi connectivity index (χ4v) is 7.81. The number of aliphatic hydroxyl groups is 3. The third-order valence-electron chi connectivity index (χ3n) is 11.4. The molecule has 21 heteroatoms. The van der Waals surface area contributed by atoms with Crippen molar-refractivity contribution in [3.8, 4) is 11.5 Å². The topological polar surface area (TPSA) is 279 Å². The summed E-state index contributed by atoms with van der Waals surface area (Å²) in [6, 6.07) is 7.98. The van der Waals surface area contributed by atoms with E-state index in [4.69, 9.17) is 40.0 Å². The molecule has 1 saturated heterocycles. The summed E-state index contributed by atoms with van der Waals surface area (Å²) < 4.78 is 32.1. The van der Waals surface area contributed by atoms with Crippen molar-refractivity contribution < 1.29 is 72.5 Å². The van der Waals surface area contributed by atoms with Crippen LogP contribution in [0.1, 0.15) is 133 Å². The van der Waals surface area contributed by atoms with E-state index >= 15 is 0 Å². The summed E-state index contributed by atoms with van der Waals surface area (Å²) in [6.45, 7) is 5.74. The fourth-order valence-electron chi connectivity index (χ4n) is 7.59. The average Bonchev–Trinajstić information content (AvgIpc) is 3.33. The molecule has 71 heavy (non-hydrogen) atoms. The minimum Gasteiger partial charge on any atom is -0.496 e. The van der Waals surface area contributed by atoms with E-state index in [0.29, 0.717) is 63.7 Å². The van der Waals surface area contributed by atoms with Gasteiger partial charge in [-0.05, 0) is 89.5 Å². The van der Waals surface area contributed by atoms with Crippen molar-refractivity contribution in [2.75, 3.05) is 46.3 Å². The Kier molecular flexibility index (Phi) is 27.0. The number of aliphatic hydroxyl groups excluding tert-OH is 3. The summed E-state index contributed by atoms with van der Waals surface area (Å²) in [5, 5.41) is 44.4. The molecule has 2 aromatic rings. The van der Waals surface area contributed by atoms with Gasteiger partial charge in [0.15, 0.2) is 6.29 Å². The van der Waals surface area contributed by atoms with Crippen LogP contribution in [-0.2, 0) is 44.7 Å². The first-order chi connectivity index (χ1) is 33.9. The van der Waals surface area contributed by atoms with Crippen LogP contribution in [0.2, 0.25) is 5.02 Å². The average molecular weight is 1020 g/mol. The van der Waals surface area contributed by atoms with Crippen LogP contribution in [-0.4, -0.2) is 134 Å². The molecule has 0 unspecified atom stereocenters. The molecule has 0 bridgehead atoms. The maximum atomic E-state index is 13.3. The first-order valence-electron chi connectivity index (χ1n) is 24.4. The number of benzene rings is 2. The van der Waals surface area contributed by atoms with Crippen LogP contribution >= 0.6 is 11.6 Å². The number of rotatable bonds is 31. The SMILES string of the molecule is COC(=O)[C@@H](CCCCNC(=O)CCCCCNC(=O)CCCCCCCCC(=O)Nc1cccc(COc2cc(OC)c(C(=O)N[C@H]3[C@@H](OC)O[C@H](CO)[C@@H](O)[C@@H]3O)cc2Cl)c1)NC(=O)OC(C)(C)C. The number of alkyl carbamates (subject to hydrolysis) is 1. The van der Waals surface area contributed by atoms with Gasteiger partial charge in [-0.15, -0.1) is 0 Å². The molecule has 398 valence electrons. The Morgan fingerprint density at radius 3 is 1.96 bits per heavy atom. The van der Waals surface area contributed by atoms with Gasteiger partial charge in [0.05, 0.1) is 31.4 Å². The molecule has 0 saturated carbocycles. The standard InChI is InChI=1S/C50H76ClN5O15/c1-50(2,3)71-49(65)55-36(47(64)67-5)21-15-17-26-53-41(59)23-14-11-16-25-52-40(58)22-12-9-7-8-10-13-24-42(60)54-33-20-18-19-32(27-33)31-69-38-29-37(66-4)34(28-35(38)51)46(63)56-43-45(62)44(61)39(30-57)70-48(43)68-6/h18-20,27-29,36,39,43-45,48,57,61-62H,7-17,21-26,30-31H2,1-6H3,(H,52,58)(H,53,59)(H,54,60)(H,55,65)(H,56,63)/t36-,39-,43-,44-,45-,48+/m1/s1. The quantitative estimate of drug-likeness (QED) is 0.0356. The van der Waals surface area contributed by atoms with Crippen LogP contribution in [0.5, 0.6) is 11.5 Å². The second kappa shape index (κ2) is 32.0. The number of carbonyl (C=O) groups excluding carboxylic acids is 6. The van der Waals surface area contributed by atoms with Crippen molar-refractivity contribution in [2.24, 2.45) is 0 Å². The van der Waals surface area contributed by atoms with Gasteiger partial charge in [-0.2, -0.15) is 0 Å². The van der Waals surface area contributed by atoms with Gasteiger partial charge in [0.25, 0.3) is 5.91 Å². The van der Waals surface area contributed by atoms with Gasteiger partial charge in [-0.25, -0.2) is 9.59 Å². The highest BCUT2D eigenvalue weighted by Crippen LogP contribution is 2.34. The highest BCUT2D eigenvalue weighted by molar-refractivity contribution is 6.32. The summed E-state index contributed by atoms with van der Waals surface area (Å²) in [6.07, 6.45) is 4.40. The first-order valence-corrected chi connectivity index (χ1v) is 24.7. The third-order valence-corrected chi connectivity index (χ3v) is 11.7. The molecule has 0 radical (unpaired) electrons. The second-order valence-electron chi connectivity index (χ2n) is 18.3. The number of esters is 1. The Labute approximate surface area is 421 Å². The highest BCUT2D eigenvalue weighted by Gasteiger charge is 2.45. The molecule has 6 atom stereocenters. The Balaban J connectivity index is 1.22. The maximum absolute atomic E-state index is 13.3. The number of hydrogen-bond acceptors (Lipinski definition) is 15. The molecular weight excluding hydrogens is 946 g/mol. The molecule has 0 spiro atoms. The smallest absolute Gasteiger partial charge is 0.408 e. The number of ether oxygens (including phenoxy) is 6. The van der Waals surface area contributed by atoms with E-state index in [1.165, 1.54) is 33.5 Å². The van der Waals surface area contributed by atoms with Crippen LogP contribution in [0.3, 0.4) is 0 Å². The Morgan fingerprint density at radius 2 is 1.37 bits per heavy atom. The fraction of sp³-hybridized carbons (Fsp3) is 0.640. The molecule has 3 rings (SSSR count). The first kappa shape index (κ1) is 60.1. The van der Waals surface area contributed by atoms with Gasteiger partial charge in [0.2, 0.25) is 17.7 Å². The summed E-state index contributed by atoms with van der Waals surface area (Å²) in [4.78, 5) is 74.7. The van der Waals surface area contributed by atoms with Crippen molar-refractivity contribution in [2.45, 2.75) is 166 Å². The molecule has 1 heterocycles. The van der Waals surface area contributed by atoms with Crippen LogP contribution in [0.15, 0.2) is 36.4 Å². The largest absolute Gasteiger partial charge is 0.496 e. The molecule has 8 N–H and O–H groups in total. The summed E-state index contributed by atoms with van der Waals surface area (Å²) in [7, 11) is 3.92. The minimum atomic E-state index is -1.50. The lowest BCUT2D eigenvalue weighted by Crippen LogP contribution is -2.64. The van der Waals surface area contributed by atoms with E-state index in [2.05, 4.69) is 26.6 Å². The number of amides is 5. The summed E-state index contributed by atoms with van der Waals surface area (Å²) in [5.41, 5.74) is 0.681. The van der Waals surface area contributed by atoms with E-state index < -0.39 is 66.9 Å². The number of unbranched alkanes of at least 4 members (excludes halogenated alkanes) is 8. The number of hydrogen-bond donors (Lipinski definition) is 8. The zero-order valence-electron chi connectivity index (χ0n) is 42.0. The van der Waals surface area contributed by atoms with Crippen LogP contribution in [0.25, 0.3) is 0 Å². The summed E-state index contributed by atoms with van der Waals surface area (Å²) >= 11 is 6.52. The van der Waals surface area contributed by atoms with E-state index in [1.54, 1.807) is 39.0 Å². The molecule has 0 aromatic heterocycles. The van der Waals surface area contributed by atoms with Gasteiger partial charge in [0.1, 0.15) is 54.1 Å². The molecular formula is C50H76ClN5O15. The Bertz CT molecular complexity index is 2000. The zero-order valence-corrected chi connectivity index (χ0v) is 42.7. The number of carbonyl (C=O) groups is 6. The molecule has 5 amide bonds. The molecule has 20 nitrogen and oxygen atoms in total. The van der Waals surface area contributed by atoms with Gasteiger partial charge < -0.3 is 70.3 Å². The number of nitrogens with one attached hydrogen (secondary N) is 5. The van der Waals surface area contributed by atoms with Crippen molar-refractivity contribution >= 4 is 53.0 Å². The van der Waals surface area contributed by atoms with E-state index in [1.807, 2.05) is 6.07 Å². The zero-order chi connectivity index (χ0) is 52.3. The van der Waals surface area contributed by atoms with Crippen molar-refractivity contribution in [1.82, 2.24) is 21.3 Å². The summed E-state index contributed by atoms with van der Waals surface area (Å²) in [5.74, 6) is -1.05. The van der Waals surface area contributed by atoms with Gasteiger partial charge in [-0.1, -0.05) is 55.8 Å². The van der Waals surface area contributed by atoms with E-state index in [9.17, 15) is 44.1 Å². The lowest BCUT2D eigenvalue weighted by atomic mass is 9.96. The van der Waals surface area contributed by atoms with E-state index in [-0.39, 0.29) is 46.4 Å². The van der Waals surface area contributed by atoms with Gasteiger partial charge in [-0.3, -0.25) is 19.2 Å². The number of anilines is 1. The van der Waals surface area contributed by atoms with E-state index in [0.717, 1.165) is 56.9 Å². The normalized spacial score (nSPS) is 18.1. The predicted molar refractivity (Wildman–Crippen MR) is 264 cm³/mol. The second-order valence-corrected chi connectivity index (χ2v) is 18.7. The molecule has 1 aliphatic rings.